The van der Waals surface area contributed by atoms with Gasteiger partial charge in [-0.2, -0.15) is 0 Å². The summed E-state index contributed by atoms with van der Waals surface area (Å²) in [6.45, 7) is 2.77. The van der Waals surface area contributed by atoms with Crippen molar-refractivity contribution >= 4 is 23.2 Å². The summed E-state index contributed by atoms with van der Waals surface area (Å²) in [5.41, 5.74) is 1.33. The summed E-state index contributed by atoms with van der Waals surface area (Å²) in [4.78, 5) is 27.6. The molecule has 1 amide bonds. The molecule has 1 N–H and O–H groups in total. The lowest BCUT2D eigenvalue weighted by Gasteiger charge is -2.23. The minimum atomic E-state index is -0.499. The van der Waals surface area contributed by atoms with Crippen molar-refractivity contribution in [3.63, 3.8) is 0 Å². The van der Waals surface area contributed by atoms with E-state index < -0.39 is 6.10 Å². The van der Waals surface area contributed by atoms with Gasteiger partial charge in [0.2, 0.25) is 5.91 Å². The molecule has 1 aromatic heterocycles. The standard InChI is InChI=1S/C27H35NO4S/c1-20(8-6-11-21-9-4-3-5-10-21)24(29)16-13-22-14-18-26(30)28(22)19-7-12-23-15-17-25(33-23)27(31)32-2/h3-5,9-10,13,15-17,20,22,24,29H,6-8,11-12,14,18-19H2,1-2H3/t20-,22+,24+/m1/s1. The maximum Gasteiger partial charge on any atom is 0.348 e. The van der Waals surface area contributed by atoms with Crippen LogP contribution < -0.4 is 0 Å². The quantitative estimate of drug-likeness (QED) is 0.350. The van der Waals surface area contributed by atoms with Crippen LogP contribution in [-0.2, 0) is 22.4 Å². The molecule has 178 valence electrons. The highest BCUT2D eigenvalue weighted by atomic mass is 32.1. The molecular formula is C27H35NO4S. The van der Waals surface area contributed by atoms with Gasteiger partial charge in [-0.3, -0.25) is 4.79 Å². The molecule has 5 nitrogen and oxygen atoms in total. The van der Waals surface area contributed by atoms with Gasteiger partial charge in [-0.05, 0) is 62.1 Å². The third-order valence-corrected chi connectivity index (χ3v) is 7.45. The molecule has 1 aliphatic rings. The summed E-state index contributed by atoms with van der Waals surface area (Å²) in [6, 6.07) is 14.2. The Kier molecular flexibility index (Phi) is 9.70. The molecule has 33 heavy (non-hydrogen) atoms. The largest absolute Gasteiger partial charge is 0.465 e. The van der Waals surface area contributed by atoms with Crippen molar-refractivity contribution in [3.8, 4) is 0 Å². The van der Waals surface area contributed by atoms with Gasteiger partial charge < -0.3 is 14.7 Å². The Morgan fingerprint density at radius 2 is 2.00 bits per heavy atom. The van der Waals surface area contributed by atoms with Crippen LogP contribution >= 0.6 is 11.3 Å². The van der Waals surface area contributed by atoms with E-state index in [0.29, 0.717) is 17.8 Å². The number of thiophene rings is 1. The molecular weight excluding hydrogens is 434 g/mol. The lowest BCUT2D eigenvalue weighted by Crippen LogP contribution is -2.33. The van der Waals surface area contributed by atoms with Crippen molar-refractivity contribution in [3.05, 3.63) is 69.9 Å². The molecule has 3 atom stereocenters. The van der Waals surface area contributed by atoms with Crippen LogP contribution in [-0.4, -0.2) is 47.7 Å². The fraction of sp³-hybridized carbons (Fsp3) is 0.481. The number of amides is 1. The lowest BCUT2D eigenvalue weighted by molar-refractivity contribution is -0.128. The molecule has 1 saturated heterocycles. The molecule has 0 bridgehead atoms. The number of esters is 1. The molecule has 0 saturated carbocycles. The second-order valence-electron chi connectivity index (χ2n) is 8.78. The van der Waals surface area contributed by atoms with E-state index in [1.807, 2.05) is 29.2 Å². The Labute approximate surface area is 201 Å². The van der Waals surface area contributed by atoms with Crippen molar-refractivity contribution in [1.29, 1.82) is 0 Å². The molecule has 1 fully saturated rings. The Bertz CT molecular complexity index is 923. The normalized spacial score (nSPS) is 18.1. The number of aliphatic hydroxyl groups is 1. The molecule has 0 aliphatic carbocycles. The topological polar surface area (TPSA) is 66.8 Å². The highest BCUT2D eigenvalue weighted by Crippen LogP contribution is 2.23. The number of methoxy groups -OCH3 is 1. The van der Waals surface area contributed by atoms with Gasteiger partial charge >= 0.3 is 5.97 Å². The summed E-state index contributed by atoms with van der Waals surface area (Å²) in [6.07, 6.45) is 9.46. The zero-order chi connectivity index (χ0) is 23.6. The molecule has 2 aromatic rings. The van der Waals surface area contributed by atoms with Gasteiger partial charge in [-0.15, -0.1) is 11.3 Å². The van der Waals surface area contributed by atoms with E-state index >= 15 is 0 Å². The smallest absolute Gasteiger partial charge is 0.348 e. The first-order chi connectivity index (χ1) is 16.0. The minimum Gasteiger partial charge on any atom is -0.465 e. The molecule has 1 aromatic carbocycles. The molecule has 0 radical (unpaired) electrons. The number of benzene rings is 1. The first-order valence-corrected chi connectivity index (χ1v) is 12.7. The van der Waals surface area contributed by atoms with Gasteiger partial charge in [0.05, 0.1) is 19.3 Å². The number of ether oxygens (including phenoxy) is 1. The van der Waals surface area contributed by atoms with E-state index in [1.165, 1.54) is 24.0 Å². The van der Waals surface area contributed by atoms with E-state index in [2.05, 4.69) is 31.2 Å². The summed E-state index contributed by atoms with van der Waals surface area (Å²) in [5, 5.41) is 10.6. The van der Waals surface area contributed by atoms with Crippen LogP contribution in [0.5, 0.6) is 0 Å². The third-order valence-electron chi connectivity index (χ3n) is 6.33. The van der Waals surface area contributed by atoms with Gasteiger partial charge in [0.15, 0.2) is 0 Å². The van der Waals surface area contributed by atoms with E-state index in [-0.39, 0.29) is 23.8 Å². The summed E-state index contributed by atoms with van der Waals surface area (Å²) in [5.74, 6) is 0.0499. The van der Waals surface area contributed by atoms with Crippen LogP contribution in [0.2, 0.25) is 0 Å². The number of hydrogen-bond acceptors (Lipinski definition) is 5. The molecule has 3 rings (SSSR count). The highest BCUT2D eigenvalue weighted by Gasteiger charge is 2.28. The summed E-state index contributed by atoms with van der Waals surface area (Å²) in [7, 11) is 1.39. The molecule has 0 unspecified atom stereocenters. The van der Waals surface area contributed by atoms with Crippen LogP contribution in [0.4, 0.5) is 0 Å². The highest BCUT2D eigenvalue weighted by molar-refractivity contribution is 7.13. The SMILES string of the molecule is COC(=O)c1ccc(CCCN2C(=O)CC[C@@H]2C=C[C@H](O)[C@H](C)CCCc2ccccc2)s1. The second kappa shape index (κ2) is 12.7. The van der Waals surface area contributed by atoms with Crippen molar-refractivity contribution in [2.75, 3.05) is 13.7 Å². The molecule has 6 heteroatoms. The van der Waals surface area contributed by atoms with Crippen LogP contribution in [0.25, 0.3) is 0 Å². The number of rotatable bonds is 12. The van der Waals surface area contributed by atoms with Crippen LogP contribution in [0, 0.1) is 5.92 Å². The third kappa shape index (κ3) is 7.54. The fourth-order valence-corrected chi connectivity index (χ4v) is 5.24. The second-order valence-corrected chi connectivity index (χ2v) is 9.95. The first-order valence-electron chi connectivity index (χ1n) is 11.8. The van der Waals surface area contributed by atoms with Crippen molar-refractivity contribution in [1.82, 2.24) is 4.90 Å². The van der Waals surface area contributed by atoms with Crippen molar-refractivity contribution in [2.24, 2.45) is 5.92 Å². The van der Waals surface area contributed by atoms with Gasteiger partial charge in [0.1, 0.15) is 4.88 Å². The van der Waals surface area contributed by atoms with E-state index in [4.69, 9.17) is 4.74 Å². The fourth-order valence-electron chi connectivity index (χ4n) is 4.27. The summed E-state index contributed by atoms with van der Waals surface area (Å²) < 4.78 is 4.76. The van der Waals surface area contributed by atoms with Crippen molar-refractivity contribution in [2.45, 2.75) is 64.0 Å². The summed E-state index contributed by atoms with van der Waals surface area (Å²) >= 11 is 1.45. The molecule has 2 heterocycles. The lowest BCUT2D eigenvalue weighted by atomic mass is 9.95. The van der Waals surface area contributed by atoms with Crippen LogP contribution in [0.15, 0.2) is 54.6 Å². The van der Waals surface area contributed by atoms with Gasteiger partial charge in [0, 0.05) is 17.8 Å². The van der Waals surface area contributed by atoms with Crippen LogP contribution in [0.1, 0.15) is 59.1 Å². The number of hydrogen-bond donors (Lipinski definition) is 1. The Hall–Kier alpha value is -2.44. The zero-order valence-electron chi connectivity index (χ0n) is 19.6. The zero-order valence-corrected chi connectivity index (χ0v) is 20.4. The minimum absolute atomic E-state index is 0.0534. The Morgan fingerprint density at radius 3 is 2.76 bits per heavy atom. The number of likely N-dealkylation sites (tertiary alicyclic amines) is 1. The molecule has 0 spiro atoms. The maximum atomic E-state index is 12.4. The average molecular weight is 470 g/mol. The number of nitrogens with zero attached hydrogens (tertiary/aromatic N) is 1. The van der Waals surface area contributed by atoms with Gasteiger partial charge in [-0.25, -0.2) is 4.79 Å². The van der Waals surface area contributed by atoms with E-state index in [0.717, 1.165) is 43.4 Å². The van der Waals surface area contributed by atoms with Gasteiger partial charge in [-0.1, -0.05) is 49.4 Å². The first kappa shape index (κ1) is 25.2. The van der Waals surface area contributed by atoms with Crippen LogP contribution in [0.3, 0.4) is 0 Å². The average Bonchev–Trinajstić information content (AvgIpc) is 3.44. The Morgan fingerprint density at radius 1 is 1.21 bits per heavy atom. The maximum absolute atomic E-state index is 12.4. The number of aryl methyl sites for hydroxylation is 2. The van der Waals surface area contributed by atoms with Gasteiger partial charge in [0.25, 0.3) is 0 Å². The van der Waals surface area contributed by atoms with E-state index in [1.54, 1.807) is 6.07 Å². The van der Waals surface area contributed by atoms with E-state index in [9.17, 15) is 14.7 Å². The van der Waals surface area contributed by atoms with Crippen molar-refractivity contribution < 1.29 is 19.4 Å². The number of carbonyl (C=O) groups is 2. The number of carbonyl (C=O) groups excluding carboxylic acids is 2. The predicted octanol–water partition coefficient (Wildman–Crippen LogP) is 5.03. The Balaban J connectivity index is 1.43. The molecule has 1 aliphatic heterocycles. The monoisotopic (exact) mass is 469 g/mol. The number of aliphatic hydroxyl groups excluding tert-OH is 1. The predicted molar refractivity (Wildman–Crippen MR) is 132 cm³/mol.